The molecule has 0 bridgehead atoms. The predicted molar refractivity (Wildman–Crippen MR) is 89.3 cm³/mol. The Labute approximate surface area is 133 Å². The standard InChI is InChI=1S/C16H16N2OS2/c1-4-20-13-7-5-6-12(8-13)15(19)18-16-14(9-17)10(2)11(3)21-16/h5-8H,4H2,1-3H3,(H,18,19). The van der Waals surface area contributed by atoms with Crippen LogP contribution in [0.1, 0.15) is 33.3 Å². The van der Waals surface area contributed by atoms with E-state index >= 15 is 0 Å². The summed E-state index contributed by atoms with van der Waals surface area (Å²) in [4.78, 5) is 14.5. The van der Waals surface area contributed by atoms with Crippen LogP contribution < -0.4 is 5.32 Å². The van der Waals surface area contributed by atoms with Crippen molar-refractivity contribution >= 4 is 34.0 Å². The van der Waals surface area contributed by atoms with Gasteiger partial charge in [-0.1, -0.05) is 13.0 Å². The van der Waals surface area contributed by atoms with Crippen LogP contribution in [0.15, 0.2) is 29.2 Å². The Morgan fingerprint density at radius 2 is 2.19 bits per heavy atom. The van der Waals surface area contributed by atoms with Crippen molar-refractivity contribution in [3.8, 4) is 6.07 Å². The zero-order valence-corrected chi connectivity index (χ0v) is 13.8. The normalized spacial score (nSPS) is 10.2. The number of anilines is 1. The van der Waals surface area contributed by atoms with Crippen molar-refractivity contribution in [3.63, 3.8) is 0 Å². The number of carbonyl (C=O) groups excluding carboxylic acids is 1. The lowest BCUT2D eigenvalue weighted by molar-refractivity contribution is 0.102. The molecule has 1 aromatic carbocycles. The summed E-state index contributed by atoms with van der Waals surface area (Å²) in [6.45, 7) is 5.93. The molecule has 1 N–H and O–H groups in total. The molecular weight excluding hydrogens is 300 g/mol. The van der Waals surface area contributed by atoms with Crippen LogP contribution in [0.5, 0.6) is 0 Å². The maximum Gasteiger partial charge on any atom is 0.256 e. The van der Waals surface area contributed by atoms with Crippen molar-refractivity contribution in [2.24, 2.45) is 0 Å². The van der Waals surface area contributed by atoms with Crippen molar-refractivity contribution < 1.29 is 4.79 Å². The fraction of sp³-hybridized carbons (Fsp3) is 0.250. The van der Waals surface area contributed by atoms with Gasteiger partial charge in [0.1, 0.15) is 11.1 Å². The number of nitrogens with one attached hydrogen (secondary N) is 1. The molecule has 21 heavy (non-hydrogen) atoms. The molecule has 5 heteroatoms. The molecule has 1 aromatic heterocycles. The molecule has 3 nitrogen and oxygen atoms in total. The number of rotatable bonds is 4. The Morgan fingerprint density at radius 1 is 1.43 bits per heavy atom. The third-order valence-electron chi connectivity index (χ3n) is 3.13. The van der Waals surface area contributed by atoms with Crippen LogP contribution in [0.25, 0.3) is 0 Å². The molecule has 0 aliphatic heterocycles. The van der Waals surface area contributed by atoms with Gasteiger partial charge in [0.15, 0.2) is 0 Å². The first-order valence-corrected chi connectivity index (χ1v) is 8.41. The number of thioether (sulfide) groups is 1. The van der Waals surface area contributed by atoms with Gasteiger partial charge >= 0.3 is 0 Å². The number of thiophene rings is 1. The van der Waals surface area contributed by atoms with E-state index in [1.807, 2.05) is 32.0 Å². The second-order valence-corrected chi connectivity index (χ2v) is 7.08. The molecule has 2 aromatic rings. The zero-order chi connectivity index (χ0) is 15.4. The van der Waals surface area contributed by atoms with Gasteiger partial charge in [0.25, 0.3) is 5.91 Å². The number of aryl methyl sites for hydroxylation is 1. The number of amides is 1. The molecular formula is C16H16N2OS2. The Kier molecular flexibility index (Phi) is 5.05. The van der Waals surface area contributed by atoms with E-state index in [4.69, 9.17) is 0 Å². The van der Waals surface area contributed by atoms with Gasteiger partial charge in [-0.05, 0) is 43.4 Å². The van der Waals surface area contributed by atoms with E-state index in [1.165, 1.54) is 11.3 Å². The van der Waals surface area contributed by atoms with E-state index in [0.29, 0.717) is 16.1 Å². The Bertz CT molecular complexity index is 714. The lowest BCUT2D eigenvalue weighted by Gasteiger charge is -2.05. The summed E-state index contributed by atoms with van der Waals surface area (Å²) in [5, 5.41) is 12.7. The van der Waals surface area contributed by atoms with Gasteiger partial charge in [0.2, 0.25) is 0 Å². The fourth-order valence-corrected chi connectivity index (χ4v) is 3.64. The highest BCUT2D eigenvalue weighted by molar-refractivity contribution is 7.99. The maximum atomic E-state index is 12.3. The van der Waals surface area contributed by atoms with Crippen LogP contribution in [0.4, 0.5) is 5.00 Å². The quantitative estimate of drug-likeness (QED) is 0.839. The molecule has 108 valence electrons. The van der Waals surface area contributed by atoms with E-state index in [2.05, 4.69) is 18.3 Å². The number of carbonyl (C=O) groups is 1. The fourth-order valence-electron chi connectivity index (χ4n) is 1.92. The number of hydrogen-bond acceptors (Lipinski definition) is 4. The minimum atomic E-state index is -0.175. The summed E-state index contributed by atoms with van der Waals surface area (Å²) in [6.07, 6.45) is 0. The molecule has 1 heterocycles. The van der Waals surface area contributed by atoms with E-state index in [9.17, 15) is 10.1 Å². The van der Waals surface area contributed by atoms with Crippen LogP contribution >= 0.6 is 23.1 Å². The maximum absolute atomic E-state index is 12.3. The first kappa shape index (κ1) is 15.6. The van der Waals surface area contributed by atoms with Gasteiger partial charge in [-0.25, -0.2) is 0 Å². The minimum Gasteiger partial charge on any atom is -0.312 e. The van der Waals surface area contributed by atoms with Crippen LogP contribution in [0, 0.1) is 25.2 Å². The van der Waals surface area contributed by atoms with Crippen LogP contribution in [0.2, 0.25) is 0 Å². The number of nitrogens with zero attached hydrogens (tertiary/aromatic N) is 1. The molecule has 1 amide bonds. The van der Waals surface area contributed by atoms with Crippen molar-refractivity contribution in [3.05, 3.63) is 45.8 Å². The van der Waals surface area contributed by atoms with E-state index in [0.717, 1.165) is 21.1 Å². The van der Waals surface area contributed by atoms with E-state index < -0.39 is 0 Å². The van der Waals surface area contributed by atoms with Crippen molar-refractivity contribution in [1.29, 1.82) is 5.26 Å². The monoisotopic (exact) mass is 316 g/mol. The first-order valence-electron chi connectivity index (χ1n) is 6.61. The smallest absolute Gasteiger partial charge is 0.256 e. The molecule has 0 saturated carbocycles. The molecule has 0 atom stereocenters. The molecule has 0 unspecified atom stereocenters. The molecule has 0 saturated heterocycles. The molecule has 0 radical (unpaired) electrons. The van der Waals surface area contributed by atoms with Crippen LogP contribution in [0.3, 0.4) is 0 Å². The van der Waals surface area contributed by atoms with Gasteiger partial charge in [0.05, 0.1) is 5.56 Å². The Hall–Kier alpha value is -1.77. The number of hydrogen-bond donors (Lipinski definition) is 1. The predicted octanol–water partition coefficient (Wildman–Crippen LogP) is 4.60. The molecule has 0 spiro atoms. The minimum absolute atomic E-state index is 0.175. The average Bonchev–Trinajstić information content (AvgIpc) is 2.74. The van der Waals surface area contributed by atoms with Gasteiger partial charge in [-0.2, -0.15) is 5.26 Å². The number of benzene rings is 1. The van der Waals surface area contributed by atoms with Crippen molar-refractivity contribution in [2.45, 2.75) is 25.7 Å². The van der Waals surface area contributed by atoms with E-state index in [-0.39, 0.29) is 5.91 Å². The van der Waals surface area contributed by atoms with Crippen molar-refractivity contribution in [1.82, 2.24) is 0 Å². The zero-order valence-electron chi connectivity index (χ0n) is 12.2. The highest BCUT2D eigenvalue weighted by Crippen LogP contribution is 2.32. The van der Waals surface area contributed by atoms with Gasteiger partial charge in [0, 0.05) is 15.3 Å². The molecule has 2 rings (SSSR count). The topological polar surface area (TPSA) is 52.9 Å². The van der Waals surface area contributed by atoms with Crippen LogP contribution in [-0.2, 0) is 0 Å². The Balaban J connectivity index is 2.24. The van der Waals surface area contributed by atoms with Crippen molar-refractivity contribution in [2.75, 3.05) is 11.1 Å². The largest absolute Gasteiger partial charge is 0.312 e. The lowest BCUT2D eigenvalue weighted by Crippen LogP contribution is -2.11. The summed E-state index contributed by atoms with van der Waals surface area (Å²) in [6, 6.07) is 9.70. The summed E-state index contributed by atoms with van der Waals surface area (Å²) < 4.78 is 0. The summed E-state index contributed by atoms with van der Waals surface area (Å²) in [5.74, 6) is 0.791. The third kappa shape index (κ3) is 3.46. The number of nitriles is 1. The molecule has 0 fully saturated rings. The molecule has 0 aliphatic carbocycles. The summed E-state index contributed by atoms with van der Waals surface area (Å²) >= 11 is 3.14. The van der Waals surface area contributed by atoms with Gasteiger partial charge < -0.3 is 5.32 Å². The lowest BCUT2D eigenvalue weighted by atomic mass is 10.2. The highest BCUT2D eigenvalue weighted by atomic mass is 32.2. The second-order valence-electron chi connectivity index (χ2n) is 4.51. The van der Waals surface area contributed by atoms with E-state index in [1.54, 1.807) is 17.8 Å². The average molecular weight is 316 g/mol. The van der Waals surface area contributed by atoms with Gasteiger partial charge in [-0.3, -0.25) is 4.79 Å². The summed E-state index contributed by atoms with van der Waals surface area (Å²) in [5.41, 5.74) is 2.11. The molecule has 0 aliphatic rings. The summed E-state index contributed by atoms with van der Waals surface area (Å²) in [7, 11) is 0. The first-order chi connectivity index (χ1) is 10.1. The SMILES string of the molecule is CCSc1cccc(C(=O)Nc2sc(C)c(C)c2C#N)c1. The second kappa shape index (κ2) is 6.79. The third-order valence-corrected chi connectivity index (χ3v) is 5.13. The van der Waals surface area contributed by atoms with Gasteiger partial charge in [-0.15, -0.1) is 23.1 Å². The van der Waals surface area contributed by atoms with Crippen LogP contribution in [-0.4, -0.2) is 11.7 Å². The highest BCUT2D eigenvalue weighted by Gasteiger charge is 2.15. The Morgan fingerprint density at radius 3 is 2.86 bits per heavy atom.